The second-order valence-corrected chi connectivity index (χ2v) is 4.74. The lowest BCUT2D eigenvalue weighted by atomic mass is 10.1. The van der Waals surface area contributed by atoms with Gasteiger partial charge in [0.1, 0.15) is 17.7 Å². The van der Waals surface area contributed by atoms with Crippen LogP contribution in [-0.2, 0) is 4.79 Å². The van der Waals surface area contributed by atoms with E-state index in [1.165, 1.54) is 12.1 Å². The van der Waals surface area contributed by atoms with Gasteiger partial charge in [-0.15, -0.1) is 0 Å². The molecule has 1 aliphatic carbocycles. The van der Waals surface area contributed by atoms with Crippen molar-refractivity contribution in [2.24, 2.45) is 5.92 Å². The van der Waals surface area contributed by atoms with E-state index in [4.69, 9.17) is 5.11 Å². The van der Waals surface area contributed by atoms with Crippen LogP contribution in [-0.4, -0.2) is 17.1 Å². The van der Waals surface area contributed by atoms with Crippen LogP contribution >= 0.6 is 0 Å². The van der Waals surface area contributed by atoms with Crippen molar-refractivity contribution in [1.29, 1.82) is 0 Å². The summed E-state index contributed by atoms with van der Waals surface area (Å²) in [5.74, 6) is -2.10. The van der Waals surface area contributed by atoms with Crippen molar-refractivity contribution in [1.82, 2.24) is 5.32 Å². The summed E-state index contributed by atoms with van der Waals surface area (Å²) in [5.41, 5.74) is 0.416. The first kappa shape index (κ1) is 13.0. The Kier molecular flexibility index (Phi) is 3.61. The van der Waals surface area contributed by atoms with Crippen molar-refractivity contribution in [3.63, 3.8) is 0 Å². The van der Waals surface area contributed by atoms with Crippen LogP contribution in [0.4, 0.5) is 8.78 Å². The van der Waals surface area contributed by atoms with Gasteiger partial charge in [0.2, 0.25) is 0 Å². The van der Waals surface area contributed by atoms with E-state index in [1.54, 1.807) is 6.92 Å². The Labute approximate surface area is 104 Å². The van der Waals surface area contributed by atoms with Crippen molar-refractivity contribution in [2.75, 3.05) is 0 Å². The second-order valence-electron chi connectivity index (χ2n) is 4.74. The number of benzene rings is 1. The van der Waals surface area contributed by atoms with E-state index in [0.717, 1.165) is 18.9 Å². The summed E-state index contributed by atoms with van der Waals surface area (Å²) in [5, 5.41) is 12.0. The number of carboxylic acid groups (broad SMARTS) is 1. The molecule has 0 aliphatic heterocycles. The monoisotopic (exact) mass is 255 g/mol. The average molecular weight is 255 g/mol. The third-order valence-electron chi connectivity index (χ3n) is 3.17. The number of halogens is 2. The topological polar surface area (TPSA) is 49.3 Å². The summed E-state index contributed by atoms with van der Waals surface area (Å²) < 4.78 is 26.1. The normalized spacial score (nSPS) is 18.4. The van der Waals surface area contributed by atoms with E-state index in [1.807, 2.05) is 0 Å². The zero-order valence-corrected chi connectivity index (χ0v) is 9.99. The predicted octanol–water partition coefficient (Wildman–Crippen LogP) is 2.48. The smallest absolute Gasteiger partial charge is 0.320 e. The van der Waals surface area contributed by atoms with Crippen LogP contribution in [0.15, 0.2) is 18.2 Å². The summed E-state index contributed by atoms with van der Waals surface area (Å²) in [7, 11) is 0. The summed E-state index contributed by atoms with van der Waals surface area (Å²) >= 11 is 0. The number of carboxylic acids is 1. The fourth-order valence-electron chi connectivity index (χ4n) is 2.03. The van der Waals surface area contributed by atoms with E-state index < -0.39 is 29.7 Å². The minimum absolute atomic E-state index is 0.128. The van der Waals surface area contributed by atoms with Gasteiger partial charge in [0.15, 0.2) is 0 Å². The molecule has 0 saturated heterocycles. The van der Waals surface area contributed by atoms with Crippen LogP contribution in [0.2, 0.25) is 0 Å². The molecule has 0 bridgehead atoms. The average Bonchev–Trinajstić information content (AvgIpc) is 3.07. The zero-order chi connectivity index (χ0) is 13.3. The highest BCUT2D eigenvalue weighted by Crippen LogP contribution is 2.34. The van der Waals surface area contributed by atoms with Crippen LogP contribution in [0.25, 0.3) is 0 Å². The molecular weight excluding hydrogens is 240 g/mol. The molecule has 0 spiro atoms. The molecule has 0 heterocycles. The molecule has 1 saturated carbocycles. The molecule has 98 valence electrons. The van der Waals surface area contributed by atoms with Gasteiger partial charge in [-0.05, 0) is 43.4 Å². The number of rotatable bonds is 5. The van der Waals surface area contributed by atoms with Crippen LogP contribution in [0.5, 0.6) is 0 Å². The lowest BCUT2D eigenvalue weighted by Gasteiger charge is -2.20. The van der Waals surface area contributed by atoms with Crippen molar-refractivity contribution in [3.8, 4) is 0 Å². The molecule has 2 unspecified atom stereocenters. The maximum atomic E-state index is 13.1. The molecule has 2 rings (SSSR count). The Morgan fingerprint density at radius 3 is 2.33 bits per heavy atom. The molecule has 1 aliphatic rings. The van der Waals surface area contributed by atoms with E-state index in [-0.39, 0.29) is 5.92 Å². The summed E-state index contributed by atoms with van der Waals surface area (Å²) in [6, 6.07) is 2.17. The van der Waals surface area contributed by atoms with Gasteiger partial charge in [0, 0.05) is 12.1 Å². The maximum Gasteiger partial charge on any atom is 0.320 e. The van der Waals surface area contributed by atoms with Gasteiger partial charge in [-0.3, -0.25) is 10.1 Å². The van der Waals surface area contributed by atoms with Gasteiger partial charge in [0.05, 0.1) is 0 Å². The molecule has 3 nitrogen and oxygen atoms in total. The molecular formula is C13H15F2NO2. The van der Waals surface area contributed by atoms with E-state index in [0.29, 0.717) is 5.56 Å². The van der Waals surface area contributed by atoms with Crippen LogP contribution in [0, 0.1) is 17.6 Å². The zero-order valence-electron chi connectivity index (χ0n) is 9.99. The fraction of sp³-hybridized carbons (Fsp3) is 0.462. The highest BCUT2D eigenvalue weighted by molar-refractivity contribution is 5.74. The third kappa shape index (κ3) is 3.04. The minimum Gasteiger partial charge on any atom is -0.480 e. The number of hydrogen-bond donors (Lipinski definition) is 2. The fourth-order valence-corrected chi connectivity index (χ4v) is 2.03. The standard InChI is InChI=1S/C13H15F2NO2/c1-7(9-4-10(14)6-11(15)5-9)16-12(13(17)18)8-2-3-8/h4-8,12,16H,2-3H2,1H3,(H,17,18). The highest BCUT2D eigenvalue weighted by Gasteiger charge is 2.36. The predicted molar refractivity (Wildman–Crippen MR) is 62.1 cm³/mol. The molecule has 1 fully saturated rings. The minimum atomic E-state index is -0.916. The Morgan fingerprint density at radius 1 is 1.33 bits per heavy atom. The highest BCUT2D eigenvalue weighted by atomic mass is 19.1. The van der Waals surface area contributed by atoms with E-state index >= 15 is 0 Å². The number of carbonyl (C=O) groups is 1. The first-order chi connectivity index (χ1) is 8.47. The van der Waals surface area contributed by atoms with Crippen molar-refractivity contribution < 1.29 is 18.7 Å². The Balaban J connectivity index is 2.10. The molecule has 0 radical (unpaired) electrons. The Hall–Kier alpha value is -1.49. The molecule has 1 aromatic carbocycles. The number of hydrogen-bond acceptors (Lipinski definition) is 2. The maximum absolute atomic E-state index is 13.1. The van der Waals surface area contributed by atoms with Crippen LogP contribution in [0.1, 0.15) is 31.4 Å². The first-order valence-corrected chi connectivity index (χ1v) is 5.92. The van der Waals surface area contributed by atoms with Crippen LogP contribution in [0.3, 0.4) is 0 Å². The molecule has 5 heteroatoms. The Bertz CT molecular complexity index is 440. The van der Waals surface area contributed by atoms with Gasteiger partial charge in [-0.2, -0.15) is 0 Å². The number of nitrogens with one attached hydrogen (secondary N) is 1. The molecule has 2 atom stereocenters. The summed E-state index contributed by atoms with van der Waals surface area (Å²) in [6.07, 6.45) is 1.77. The first-order valence-electron chi connectivity index (χ1n) is 5.92. The Morgan fingerprint density at radius 2 is 1.89 bits per heavy atom. The summed E-state index contributed by atoms with van der Waals surface area (Å²) in [6.45, 7) is 1.70. The SMILES string of the molecule is CC(NC(C(=O)O)C1CC1)c1cc(F)cc(F)c1. The van der Waals surface area contributed by atoms with E-state index in [2.05, 4.69) is 5.32 Å². The summed E-state index contributed by atoms with van der Waals surface area (Å²) in [4.78, 5) is 11.1. The molecule has 2 N–H and O–H groups in total. The molecule has 18 heavy (non-hydrogen) atoms. The quantitative estimate of drug-likeness (QED) is 0.849. The van der Waals surface area contributed by atoms with Crippen LogP contribution < -0.4 is 5.32 Å². The molecule has 0 aromatic heterocycles. The molecule has 1 aromatic rings. The molecule has 0 amide bonds. The number of aliphatic carboxylic acids is 1. The lowest BCUT2D eigenvalue weighted by molar-refractivity contribution is -0.140. The van der Waals surface area contributed by atoms with Gasteiger partial charge < -0.3 is 5.11 Å². The van der Waals surface area contributed by atoms with Crippen molar-refractivity contribution in [2.45, 2.75) is 31.8 Å². The largest absolute Gasteiger partial charge is 0.480 e. The van der Waals surface area contributed by atoms with Crippen molar-refractivity contribution >= 4 is 5.97 Å². The lowest BCUT2D eigenvalue weighted by Crippen LogP contribution is -2.40. The van der Waals surface area contributed by atoms with Gasteiger partial charge in [0.25, 0.3) is 0 Å². The van der Waals surface area contributed by atoms with Gasteiger partial charge in [-0.1, -0.05) is 0 Å². The van der Waals surface area contributed by atoms with Gasteiger partial charge >= 0.3 is 5.97 Å². The second kappa shape index (κ2) is 5.02. The third-order valence-corrected chi connectivity index (χ3v) is 3.17. The van der Waals surface area contributed by atoms with E-state index in [9.17, 15) is 13.6 Å². The van der Waals surface area contributed by atoms with Gasteiger partial charge in [-0.25, -0.2) is 8.78 Å². The van der Waals surface area contributed by atoms with Crippen molar-refractivity contribution in [3.05, 3.63) is 35.4 Å².